The van der Waals surface area contributed by atoms with Crippen molar-refractivity contribution in [2.24, 2.45) is 16.3 Å². The van der Waals surface area contributed by atoms with Gasteiger partial charge in [0, 0.05) is 26.7 Å². The molecule has 3 fully saturated rings. The molecule has 0 radical (unpaired) electrons. The minimum atomic E-state index is -0.0116. The van der Waals surface area contributed by atoms with E-state index in [0.717, 1.165) is 38.0 Å². The molecule has 1 aliphatic heterocycles. The van der Waals surface area contributed by atoms with Crippen molar-refractivity contribution in [3.05, 3.63) is 0 Å². The Bertz CT molecular complexity index is 372. The molecule has 0 aromatic heterocycles. The molecule has 0 aromatic carbocycles. The average Bonchev–Trinajstić information content (AvgIpc) is 3.15. The van der Waals surface area contributed by atoms with Gasteiger partial charge in [-0.2, -0.15) is 0 Å². The van der Waals surface area contributed by atoms with Crippen LogP contribution in [0.25, 0.3) is 0 Å². The van der Waals surface area contributed by atoms with Crippen molar-refractivity contribution in [1.29, 1.82) is 0 Å². The van der Waals surface area contributed by atoms with Gasteiger partial charge in [0.25, 0.3) is 0 Å². The van der Waals surface area contributed by atoms with E-state index in [2.05, 4.69) is 22.5 Å². The smallest absolute Gasteiger partial charge is 0.191 e. The number of guanidine groups is 1. The summed E-state index contributed by atoms with van der Waals surface area (Å²) >= 11 is 0. The Morgan fingerprint density at radius 2 is 1.86 bits per heavy atom. The molecule has 3 aliphatic rings. The predicted molar refractivity (Wildman–Crippen MR) is 97.4 cm³/mol. The maximum Gasteiger partial charge on any atom is 0.191 e. The molecule has 4 nitrogen and oxygen atoms in total. The van der Waals surface area contributed by atoms with Gasteiger partial charge in [0.05, 0.1) is 5.60 Å². The van der Waals surface area contributed by atoms with Crippen molar-refractivity contribution in [3.8, 4) is 0 Å². The van der Waals surface area contributed by atoms with Gasteiger partial charge in [0.1, 0.15) is 0 Å². The number of ether oxygens (including phenoxy) is 1. The van der Waals surface area contributed by atoms with Crippen LogP contribution < -0.4 is 10.6 Å². The van der Waals surface area contributed by atoms with Crippen molar-refractivity contribution >= 4 is 29.9 Å². The third-order valence-corrected chi connectivity index (χ3v) is 5.55. The van der Waals surface area contributed by atoms with Crippen molar-refractivity contribution < 1.29 is 4.74 Å². The Labute approximate surface area is 145 Å². The molecule has 2 saturated carbocycles. The van der Waals surface area contributed by atoms with Gasteiger partial charge in [0.15, 0.2) is 5.96 Å². The molecule has 122 valence electrons. The van der Waals surface area contributed by atoms with Gasteiger partial charge in [-0.1, -0.05) is 6.42 Å². The molecule has 21 heavy (non-hydrogen) atoms. The summed E-state index contributed by atoms with van der Waals surface area (Å²) in [5.41, 5.74) is 0.577. The van der Waals surface area contributed by atoms with E-state index < -0.39 is 0 Å². The van der Waals surface area contributed by atoms with E-state index in [0.29, 0.717) is 5.41 Å². The summed E-state index contributed by atoms with van der Waals surface area (Å²) in [6.07, 6.45) is 9.43. The molecule has 3 rings (SSSR count). The summed E-state index contributed by atoms with van der Waals surface area (Å²) in [4.78, 5) is 4.36. The van der Waals surface area contributed by atoms with E-state index in [4.69, 9.17) is 4.74 Å². The van der Waals surface area contributed by atoms with E-state index in [9.17, 15) is 0 Å². The fraction of sp³-hybridized carbons (Fsp3) is 0.938. The molecule has 2 N–H and O–H groups in total. The summed E-state index contributed by atoms with van der Waals surface area (Å²) < 4.78 is 5.82. The van der Waals surface area contributed by atoms with Gasteiger partial charge >= 0.3 is 0 Å². The molecule has 1 unspecified atom stereocenters. The van der Waals surface area contributed by atoms with E-state index in [-0.39, 0.29) is 29.6 Å². The molecule has 5 heteroatoms. The molecule has 0 amide bonds. The fourth-order valence-electron chi connectivity index (χ4n) is 3.78. The first-order chi connectivity index (χ1) is 9.66. The Hall–Kier alpha value is -0.0400. The molecule has 1 atom stereocenters. The molecule has 0 bridgehead atoms. The quantitative estimate of drug-likeness (QED) is 0.419. The van der Waals surface area contributed by atoms with Crippen LogP contribution in [0, 0.1) is 11.3 Å². The third-order valence-electron chi connectivity index (χ3n) is 5.55. The molecular formula is C16H30IN3O. The van der Waals surface area contributed by atoms with Crippen LogP contribution in [0.5, 0.6) is 0 Å². The highest BCUT2D eigenvalue weighted by Crippen LogP contribution is 2.56. The first kappa shape index (κ1) is 17.3. The molecular weight excluding hydrogens is 377 g/mol. The second kappa shape index (κ2) is 7.02. The highest BCUT2D eigenvalue weighted by Gasteiger charge is 2.48. The van der Waals surface area contributed by atoms with E-state index in [1.807, 2.05) is 7.05 Å². The molecule has 0 aromatic rings. The van der Waals surface area contributed by atoms with Crippen molar-refractivity contribution in [2.45, 2.75) is 57.5 Å². The average molecular weight is 407 g/mol. The second-order valence-corrected chi connectivity index (χ2v) is 7.17. The summed E-state index contributed by atoms with van der Waals surface area (Å²) in [5, 5.41) is 7.00. The number of nitrogens with zero attached hydrogens (tertiary/aromatic N) is 1. The van der Waals surface area contributed by atoms with Crippen LogP contribution in [0.3, 0.4) is 0 Å². The van der Waals surface area contributed by atoms with Crippen molar-refractivity contribution in [1.82, 2.24) is 10.6 Å². The number of nitrogens with one attached hydrogen (secondary N) is 2. The van der Waals surface area contributed by atoms with Crippen LogP contribution >= 0.6 is 24.0 Å². The second-order valence-electron chi connectivity index (χ2n) is 7.17. The lowest BCUT2D eigenvalue weighted by Crippen LogP contribution is -2.50. The highest BCUT2D eigenvalue weighted by atomic mass is 127. The van der Waals surface area contributed by atoms with Crippen LogP contribution in [0.4, 0.5) is 0 Å². The number of halogens is 1. The van der Waals surface area contributed by atoms with E-state index in [1.54, 1.807) is 0 Å². The van der Waals surface area contributed by atoms with Crippen LogP contribution in [0.2, 0.25) is 0 Å². The zero-order chi connectivity index (χ0) is 14.1. The number of hydrogen-bond donors (Lipinski definition) is 2. The molecule has 1 saturated heterocycles. The highest BCUT2D eigenvalue weighted by molar-refractivity contribution is 14.0. The lowest BCUT2D eigenvalue weighted by molar-refractivity contribution is 0.0241. The Morgan fingerprint density at radius 1 is 1.14 bits per heavy atom. The van der Waals surface area contributed by atoms with Gasteiger partial charge in [-0.05, 0) is 56.8 Å². The number of rotatable bonds is 5. The molecule has 2 aliphatic carbocycles. The topological polar surface area (TPSA) is 45.7 Å². The van der Waals surface area contributed by atoms with Crippen molar-refractivity contribution in [3.63, 3.8) is 0 Å². The SMILES string of the molecule is CN=C(NCC1(C)CCCO1)NCC1(C2CC2)CCC1.I. The van der Waals surface area contributed by atoms with Gasteiger partial charge in [0.2, 0.25) is 0 Å². The first-order valence-electron chi connectivity index (χ1n) is 8.24. The summed E-state index contributed by atoms with van der Waals surface area (Å²) in [6.45, 7) is 5.03. The van der Waals surface area contributed by atoms with Crippen LogP contribution in [0.1, 0.15) is 51.9 Å². The van der Waals surface area contributed by atoms with Gasteiger partial charge in [-0.25, -0.2) is 0 Å². The monoisotopic (exact) mass is 407 g/mol. The summed E-state index contributed by atoms with van der Waals surface area (Å²) in [7, 11) is 1.86. The fourth-order valence-corrected chi connectivity index (χ4v) is 3.78. The Balaban J connectivity index is 0.00000161. The number of hydrogen-bond acceptors (Lipinski definition) is 2. The normalized spacial score (nSPS) is 31.2. The lowest BCUT2D eigenvalue weighted by atomic mass is 9.65. The lowest BCUT2D eigenvalue weighted by Gasteiger charge is -2.43. The van der Waals surface area contributed by atoms with Crippen LogP contribution in [-0.4, -0.2) is 38.3 Å². The molecule has 0 spiro atoms. The maximum atomic E-state index is 5.82. The third kappa shape index (κ3) is 4.03. The van der Waals surface area contributed by atoms with Gasteiger partial charge in [-0.15, -0.1) is 24.0 Å². The first-order valence-corrected chi connectivity index (χ1v) is 8.24. The Kier molecular flexibility index (Phi) is 5.79. The minimum Gasteiger partial charge on any atom is -0.373 e. The summed E-state index contributed by atoms with van der Waals surface area (Å²) in [6, 6.07) is 0. The van der Waals surface area contributed by atoms with Crippen LogP contribution in [-0.2, 0) is 4.74 Å². The van der Waals surface area contributed by atoms with E-state index in [1.165, 1.54) is 38.5 Å². The predicted octanol–water partition coefficient (Wildman–Crippen LogP) is 2.92. The Morgan fingerprint density at radius 3 is 2.33 bits per heavy atom. The van der Waals surface area contributed by atoms with Crippen LogP contribution in [0.15, 0.2) is 4.99 Å². The van der Waals surface area contributed by atoms with Gasteiger partial charge in [-0.3, -0.25) is 4.99 Å². The molecule has 1 heterocycles. The maximum absolute atomic E-state index is 5.82. The minimum absolute atomic E-state index is 0. The summed E-state index contributed by atoms with van der Waals surface area (Å²) in [5.74, 6) is 1.92. The van der Waals surface area contributed by atoms with Gasteiger partial charge < -0.3 is 15.4 Å². The standard InChI is InChI=1S/C16H29N3O.HI/c1-15(7-4-10-20-15)11-18-14(17-2)19-12-16(8-3-9-16)13-5-6-13;/h13H,3-12H2,1-2H3,(H2,17,18,19);1H. The van der Waals surface area contributed by atoms with E-state index >= 15 is 0 Å². The zero-order valence-corrected chi connectivity index (χ0v) is 15.7. The number of aliphatic imine (C=N–C) groups is 1. The van der Waals surface area contributed by atoms with Crippen molar-refractivity contribution in [2.75, 3.05) is 26.7 Å². The zero-order valence-electron chi connectivity index (χ0n) is 13.4. The largest absolute Gasteiger partial charge is 0.373 e.